The SMILES string of the molecule is N#Cc1c(NCc2c(Cl)cc(C(F)(F)F)cc2Cl)nc(C(F)(F)F)nc1C(F)(F)F. The smallest absolute Gasteiger partial charge is 0.365 e. The van der Waals surface area contributed by atoms with Crippen LogP contribution in [0.4, 0.5) is 45.3 Å². The standard InChI is InChI=1S/C15H5Cl2F9N4/c16-8-1-5(13(18,19)20)2-9(17)7(8)4-28-11-6(3-27)10(14(21,22)23)29-12(30-11)15(24,25)26/h1-2H,4H2,(H,28,29,30). The Bertz CT molecular complexity index is 984. The highest BCUT2D eigenvalue weighted by molar-refractivity contribution is 6.36. The Kier molecular flexibility index (Phi) is 6.34. The van der Waals surface area contributed by atoms with Gasteiger partial charge in [-0.2, -0.15) is 44.8 Å². The van der Waals surface area contributed by atoms with E-state index in [1.54, 1.807) is 0 Å². The number of alkyl halides is 9. The second-order valence-electron chi connectivity index (χ2n) is 5.50. The normalized spacial score (nSPS) is 12.6. The first-order valence-electron chi connectivity index (χ1n) is 7.31. The first kappa shape index (κ1) is 23.8. The highest BCUT2D eigenvalue weighted by Gasteiger charge is 2.43. The highest BCUT2D eigenvalue weighted by Crippen LogP contribution is 2.38. The van der Waals surface area contributed by atoms with E-state index in [4.69, 9.17) is 28.5 Å². The van der Waals surface area contributed by atoms with Gasteiger partial charge in [0.2, 0.25) is 5.82 Å². The average Bonchev–Trinajstić information content (AvgIpc) is 2.57. The highest BCUT2D eigenvalue weighted by atomic mass is 35.5. The summed E-state index contributed by atoms with van der Waals surface area (Å²) in [5.74, 6) is -3.33. The van der Waals surface area contributed by atoms with E-state index in [2.05, 4.69) is 9.97 Å². The van der Waals surface area contributed by atoms with Crippen molar-refractivity contribution in [3.8, 4) is 6.07 Å². The molecule has 0 aliphatic carbocycles. The van der Waals surface area contributed by atoms with E-state index < -0.39 is 63.6 Å². The first-order valence-corrected chi connectivity index (χ1v) is 8.06. The van der Waals surface area contributed by atoms with Gasteiger partial charge >= 0.3 is 18.5 Å². The fourth-order valence-corrected chi connectivity index (χ4v) is 2.75. The third-order valence-electron chi connectivity index (χ3n) is 3.44. The molecule has 2 aromatic rings. The first-order chi connectivity index (χ1) is 13.6. The number of nitrogens with one attached hydrogen (secondary N) is 1. The fourth-order valence-electron chi connectivity index (χ4n) is 2.13. The monoisotopic (exact) mass is 482 g/mol. The number of hydrogen-bond donors (Lipinski definition) is 1. The van der Waals surface area contributed by atoms with E-state index in [0.29, 0.717) is 12.1 Å². The molecule has 0 aliphatic heterocycles. The van der Waals surface area contributed by atoms with Crippen LogP contribution in [0, 0.1) is 11.3 Å². The molecule has 0 saturated carbocycles. The molecule has 0 atom stereocenters. The molecule has 4 nitrogen and oxygen atoms in total. The molecule has 1 N–H and O–H groups in total. The van der Waals surface area contributed by atoms with Crippen molar-refractivity contribution in [2.75, 3.05) is 5.32 Å². The van der Waals surface area contributed by atoms with E-state index in [-0.39, 0.29) is 5.56 Å². The molecule has 0 spiro atoms. The average molecular weight is 483 g/mol. The lowest BCUT2D eigenvalue weighted by molar-refractivity contribution is -0.152. The summed E-state index contributed by atoms with van der Waals surface area (Å²) in [4.78, 5) is 5.26. The molecule has 1 aromatic carbocycles. The van der Waals surface area contributed by atoms with E-state index >= 15 is 0 Å². The van der Waals surface area contributed by atoms with Gasteiger partial charge in [-0.1, -0.05) is 23.2 Å². The van der Waals surface area contributed by atoms with Crippen LogP contribution in [0.5, 0.6) is 0 Å². The number of anilines is 1. The van der Waals surface area contributed by atoms with Crippen LogP contribution in [0.3, 0.4) is 0 Å². The molecule has 2 rings (SSSR count). The minimum absolute atomic E-state index is 0.282. The van der Waals surface area contributed by atoms with Crippen LogP contribution in [0.1, 0.15) is 28.2 Å². The molecule has 0 radical (unpaired) electrons. The molecule has 0 bridgehead atoms. The van der Waals surface area contributed by atoms with Gasteiger partial charge in [0.25, 0.3) is 0 Å². The number of hydrogen-bond acceptors (Lipinski definition) is 4. The lowest BCUT2D eigenvalue weighted by Crippen LogP contribution is -2.21. The number of benzene rings is 1. The van der Waals surface area contributed by atoms with Gasteiger partial charge in [0, 0.05) is 22.2 Å². The largest absolute Gasteiger partial charge is 0.451 e. The summed E-state index contributed by atoms with van der Waals surface area (Å²) in [6.45, 7) is -0.740. The van der Waals surface area contributed by atoms with Gasteiger partial charge in [0.15, 0.2) is 5.69 Å². The Hall–Kier alpha value is -2.46. The lowest BCUT2D eigenvalue weighted by atomic mass is 10.1. The van der Waals surface area contributed by atoms with Crippen LogP contribution < -0.4 is 5.32 Å². The van der Waals surface area contributed by atoms with Crippen molar-refractivity contribution >= 4 is 29.0 Å². The van der Waals surface area contributed by atoms with Gasteiger partial charge in [0.05, 0.1) is 5.56 Å². The van der Waals surface area contributed by atoms with Crippen molar-refractivity contribution in [1.29, 1.82) is 5.26 Å². The Morgan fingerprint density at radius 1 is 0.867 bits per heavy atom. The number of halogens is 11. The van der Waals surface area contributed by atoms with Crippen LogP contribution in [-0.4, -0.2) is 9.97 Å². The van der Waals surface area contributed by atoms with Crippen molar-refractivity contribution in [3.05, 3.63) is 50.4 Å². The Labute approximate surface area is 171 Å². The van der Waals surface area contributed by atoms with Crippen molar-refractivity contribution in [2.45, 2.75) is 25.1 Å². The van der Waals surface area contributed by atoms with Crippen LogP contribution >= 0.6 is 23.2 Å². The summed E-state index contributed by atoms with van der Waals surface area (Å²) >= 11 is 11.4. The predicted molar refractivity (Wildman–Crippen MR) is 85.5 cm³/mol. The summed E-state index contributed by atoms with van der Waals surface area (Å²) in [6, 6.07) is 1.99. The van der Waals surface area contributed by atoms with Gasteiger partial charge in [-0.25, -0.2) is 9.97 Å². The zero-order valence-corrected chi connectivity index (χ0v) is 15.4. The molecular weight excluding hydrogens is 478 g/mol. The second-order valence-corrected chi connectivity index (χ2v) is 6.31. The molecule has 0 unspecified atom stereocenters. The number of rotatable bonds is 3. The lowest BCUT2D eigenvalue weighted by Gasteiger charge is -2.17. The second kappa shape index (κ2) is 7.99. The molecule has 0 fully saturated rings. The maximum absolute atomic E-state index is 13.0. The molecule has 30 heavy (non-hydrogen) atoms. The van der Waals surface area contributed by atoms with Crippen molar-refractivity contribution < 1.29 is 39.5 Å². The van der Waals surface area contributed by atoms with Crippen molar-refractivity contribution in [1.82, 2.24) is 9.97 Å². The fraction of sp³-hybridized carbons (Fsp3) is 0.267. The Balaban J connectivity index is 2.53. The topological polar surface area (TPSA) is 61.6 Å². The molecule has 0 saturated heterocycles. The zero-order valence-electron chi connectivity index (χ0n) is 13.9. The summed E-state index contributed by atoms with van der Waals surface area (Å²) in [5.41, 5.74) is -5.00. The molecule has 0 aliphatic rings. The third kappa shape index (κ3) is 5.17. The van der Waals surface area contributed by atoms with Gasteiger partial charge in [-0.3, -0.25) is 0 Å². The van der Waals surface area contributed by atoms with Crippen LogP contribution in [-0.2, 0) is 25.1 Å². The molecular formula is C15H5Cl2F9N4. The van der Waals surface area contributed by atoms with Gasteiger partial charge < -0.3 is 5.32 Å². The van der Waals surface area contributed by atoms with E-state index in [9.17, 15) is 39.5 Å². The predicted octanol–water partition coefficient (Wildman–Crippen LogP) is 6.32. The van der Waals surface area contributed by atoms with Crippen LogP contribution in [0.25, 0.3) is 0 Å². The minimum atomic E-state index is -5.42. The van der Waals surface area contributed by atoms with Gasteiger partial charge in [-0.15, -0.1) is 0 Å². The summed E-state index contributed by atoms with van der Waals surface area (Å²) < 4.78 is 116. The molecule has 1 aromatic heterocycles. The van der Waals surface area contributed by atoms with E-state index in [1.807, 2.05) is 5.32 Å². The maximum Gasteiger partial charge on any atom is 0.451 e. The maximum atomic E-state index is 13.0. The van der Waals surface area contributed by atoms with Crippen molar-refractivity contribution in [3.63, 3.8) is 0 Å². The van der Waals surface area contributed by atoms with E-state index in [1.165, 1.54) is 0 Å². The molecule has 162 valence electrons. The quantitative estimate of drug-likeness (QED) is 0.519. The number of nitrogens with zero attached hydrogens (tertiary/aromatic N) is 3. The zero-order chi connectivity index (χ0) is 23.1. The Morgan fingerprint density at radius 3 is 1.80 bits per heavy atom. The molecule has 0 amide bonds. The third-order valence-corrected chi connectivity index (χ3v) is 4.12. The van der Waals surface area contributed by atoms with Crippen molar-refractivity contribution in [2.24, 2.45) is 0 Å². The molecule has 15 heteroatoms. The number of aromatic nitrogens is 2. The summed E-state index contributed by atoms with van der Waals surface area (Å²) in [7, 11) is 0. The summed E-state index contributed by atoms with van der Waals surface area (Å²) in [5, 5.41) is 9.85. The van der Waals surface area contributed by atoms with Gasteiger partial charge in [0.1, 0.15) is 17.5 Å². The minimum Gasteiger partial charge on any atom is -0.365 e. The Morgan fingerprint density at radius 2 is 1.40 bits per heavy atom. The van der Waals surface area contributed by atoms with Crippen LogP contribution in [0.15, 0.2) is 12.1 Å². The summed E-state index contributed by atoms with van der Waals surface area (Å²) in [6.07, 6.45) is -15.6. The van der Waals surface area contributed by atoms with Gasteiger partial charge in [-0.05, 0) is 12.1 Å². The molecule has 1 heterocycles. The van der Waals surface area contributed by atoms with Crippen LogP contribution in [0.2, 0.25) is 10.0 Å². The number of nitriles is 1. The van der Waals surface area contributed by atoms with E-state index in [0.717, 1.165) is 6.07 Å².